The number of furan rings is 1. The van der Waals surface area contributed by atoms with Crippen LogP contribution in [-0.2, 0) is 4.79 Å². The van der Waals surface area contributed by atoms with Crippen LogP contribution in [0.3, 0.4) is 0 Å². The molecule has 5 nitrogen and oxygen atoms in total. The van der Waals surface area contributed by atoms with Crippen LogP contribution in [0, 0.1) is 20.8 Å². The summed E-state index contributed by atoms with van der Waals surface area (Å²) in [4.78, 5) is 16.7. The number of benzene rings is 2. The van der Waals surface area contributed by atoms with E-state index in [4.69, 9.17) is 9.15 Å². The van der Waals surface area contributed by atoms with Gasteiger partial charge in [-0.15, -0.1) is 0 Å². The van der Waals surface area contributed by atoms with E-state index in [9.17, 15) is 4.79 Å². The summed E-state index contributed by atoms with van der Waals surface area (Å²) in [5.41, 5.74) is 7.86. The molecule has 32 heavy (non-hydrogen) atoms. The molecule has 0 saturated carbocycles. The van der Waals surface area contributed by atoms with E-state index < -0.39 is 0 Å². The number of nitrogens with zero attached hydrogens (tertiary/aromatic N) is 1. The van der Waals surface area contributed by atoms with Gasteiger partial charge in [-0.3, -0.25) is 4.79 Å². The number of nitrogens with one attached hydrogen (secondary N) is 1. The maximum atomic E-state index is 12.6. The normalized spacial score (nSPS) is 11.6. The number of aromatic nitrogens is 1. The van der Waals surface area contributed by atoms with E-state index >= 15 is 0 Å². The molecule has 0 radical (unpaired) electrons. The summed E-state index contributed by atoms with van der Waals surface area (Å²) in [7, 11) is 1.63. The summed E-state index contributed by atoms with van der Waals surface area (Å²) in [6.45, 7) is 8.06. The van der Waals surface area contributed by atoms with Crippen LogP contribution >= 0.6 is 0 Å². The van der Waals surface area contributed by atoms with Crippen molar-refractivity contribution in [2.75, 3.05) is 12.4 Å². The molecule has 5 heteroatoms. The van der Waals surface area contributed by atoms with Crippen LogP contribution in [0.1, 0.15) is 29.2 Å². The van der Waals surface area contributed by atoms with Crippen molar-refractivity contribution in [2.24, 2.45) is 0 Å². The van der Waals surface area contributed by atoms with Crippen LogP contribution < -0.4 is 10.1 Å². The first kappa shape index (κ1) is 21.4. The first-order valence-corrected chi connectivity index (χ1v) is 10.5. The number of anilines is 1. The number of fused-ring (bicyclic) bond motifs is 1. The Morgan fingerprint density at radius 1 is 1.09 bits per heavy atom. The molecule has 0 saturated heterocycles. The van der Waals surface area contributed by atoms with Crippen molar-refractivity contribution < 1.29 is 13.9 Å². The Morgan fingerprint density at radius 3 is 2.59 bits per heavy atom. The second-order valence-corrected chi connectivity index (χ2v) is 7.96. The molecule has 4 rings (SSSR count). The molecule has 0 unspecified atom stereocenters. The molecular formula is C27H26N2O3. The fraction of sp³-hybridized carbons (Fsp3) is 0.185. The number of hydrogen-bond donors (Lipinski definition) is 1. The molecule has 1 N–H and O–H groups in total. The molecule has 0 aliphatic heterocycles. The van der Waals surface area contributed by atoms with Gasteiger partial charge in [0, 0.05) is 34.3 Å². The molecule has 0 spiro atoms. The van der Waals surface area contributed by atoms with Gasteiger partial charge in [0.25, 0.3) is 0 Å². The second kappa shape index (κ2) is 8.71. The molecule has 0 aliphatic rings. The van der Waals surface area contributed by atoms with Crippen LogP contribution in [-0.4, -0.2) is 18.0 Å². The SMILES string of the molecule is COc1c(/C(C)=C/C(=O)Nc2ccccn2)cc2c(-c3ccc(C)cc3C)coc2c1C. The van der Waals surface area contributed by atoms with Gasteiger partial charge in [0.15, 0.2) is 0 Å². The fourth-order valence-electron chi connectivity index (χ4n) is 4.07. The zero-order valence-electron chi connectivity index (χ0n) is 18.9. The Kier molecular flexibility index (Phi) is 5.82. The fourth-order valence-corrected chi connectivity index (χ4v) is 4.07. The summed E-state index contributed by atoms with van der Waals surface area (Å²) in [6, 6.07) is 13.8. The smallest absolute Gasteiger partial charge is 0.249 e. The number of amides is 1. The minimum atomic E-state index is -0.247. The number of methoxy groups -OCH3 is 1. The predicted molar refractivity (Wildman–Crippen MR) is 129 cm³/mol. The highest BCUT2D eigenvalue weighted by Crippen LogP contribution is 2.41. The lowest BCUT2D eigenvalue weighted by molar-refractivity contribution is -0.111. The van der Waals surface area contributed by atoms with Gasteiger partial charge < -0.3 is 14.5 Å². The van der Waals surface area contributed by atoms with Gasteiger partial charge in [0.1, 0.15) is 17.2 Å². The number of rotatable bonds is 5. The number of carbonyl (C=O) groups excluding carboxylic acids is 1. The molecule has 4 aromatic rings. The van der Waals surface area contributed by atoms with Crippen molar-refractivity contribution in [3.8, 4) is 16.9 Å². The number of carbonyl (C=O) groups is 1. The average Bonchev–Trinajstić information content (AvgIpc) is 3.18. The van der Waals surface area contributed by atoms with Crippen molar-refractivity contribution in [3.63, 3.8) is 0 Å². The summed E-state index contributed by atoms with van der Waals surface area (Å²) >= 11 is 0. The summed E-state index contributed by atoms with van der Waals surface area (Å²) in [6.07, 6.45) is 5.00. The minimum Gasteiger partial charge on any atom is -0.496 e. The third-order valence-corrected chi connectivity index (χ3v) is 5.61. The predicted octanol–water partition coefficient (Wildman–Crippen LogP) is 6.47. The van der Waals surface area contributed by atoms with E-state index in [-0.39, 0.29) is 5.91 Å². The van der Waals surface area contributed by atoms with Gasteiger partial charge in [-0.05, 0) is 62.6 Å². The Bertz CT molecular complexity index is 1330. The zero-order valence-corrected chi connectivity index (χ0v) is 18.9. The van der Waals surface area contributed by atoms with Gasteiger partial charge in [-0.1, -0.05) is 29.8 Å². The van der Waals surface area contributed by atoms with Crippen molar-refractivity contribution in [1.29, 1.82) is 0 Å². The van der Waals surface area contributed by atoms with E-state index in [1.807, 2.05) is 26.0 Å². The lowest BCUT2D eigenvalue weighted by Crippen LogP contribution is -2.09. The first-order valence-electron chi connectivity index (χ1n) is 10.5. The molecule has 2 aromatic carbocycles. The molecule has 0 aliphatic carbocycles. The van der Waals surface area contributed by atoms with Gasteiger partial charge in [0.2, 0.25) is 5.91 Å². The van der Waals surface area contributed by atoms with Crippen molar-refractivity contribution in [3.05, 3.63) is 83.3 Å². The third-order valence-electron chi connectivity index (χ3n) is 5.61. The number of aryl methyl sites for hydroxylation is 3. The lowest BCUT2D eigenvalue weighted by atomic mass is 9.94. The summed E-state index contributed by atoms with van der Waals surface area (Å²) < 4.78 is 11.7. The number of hydrogen-bond acceptors (Lipinski definition) is 4. The zero-order chi connectivity index (χ0) is 22.8. The lowest BCUT2D eigenvalue weighted by Gasteiger charge is -2.14. The maximum Gasteiger partial charge on any atom is 0.249 e. The molecule has 0 atom stereocenters. The average molecular weight is 427 g/mol. The number of ether oxygens (including phenoxy) is 1. The Labute approximate surface area is 187 Å². The summed E-state index contributed by atoms with van der Waals surface area (Å²) in [5, 5.41) is 3.78. The highest BCUT2D eigenvalue weighted by atomic mass is 16.5. The van der Waals surface area contributed by atoms with Gasteiger partial charge in [-0.2, -0.15) is 0 Å². The molecule has 2 heterocycles. The number of pyridine rings is 1. The second-order valence-electron chi connectivity index (χ2n) is 7.96. The van der Waals surface area contributed by atoms with Gasteiger partial charge in [-0.25, -0.2) is 4.98 Å². The maximum absolute atomic E-state index is 12.6. The van der Waals surface area contributed by atoms with Crippen LogP contribution in [0.15, 0.2) is 65.4 Å². The van der Waals surface area contributed by atoms with Crippen molar-refractivity contribution in [1.82, 2.24) is 4.98 Å². The molecule has 0 bridgehead atoms. The van der Waals surface area contributed by atoms with Crippen LogP contribution in [0.4, 0.5) is 5.82 Å². The minimum absolute atomic E-state index is 0.247. The Balaban J connectivity index is 1.80. The molecule has 162 valence electrons. The largest absolute Gasteiger partial charge is 0.496 e. The molecule has 0 fully saturated rings. The quantitative estimate of drug-likeness (QED) is 0.371. The van der Waals surface area contributed by atoms with E-state index in [0.29, 0.717) is 11.6 Å². The van der Waals surface area contributed by atoms with E-state index in [1.54, 1.807) is 37.8 Å². The van der Waals surface area contributed by atoms with Crippen LogP contribution in [0.5, 0.6) is 5.75 Å². The van der Waals surface area contributed by atoms with Gasteiger partial charge in [0.05, 0.1) is 13.4 Å². The highest BCUT2D eigenvalue weighted by molar-refractivity contribution is 6.05. The standard InChI is InChI=1S/C27H26N2O3/c1-16-9-10-20(17(2)12-16)23-15-32-27-19(4)26(31-5)21(14-22(23)27)18(3)13-25(30)29-24-8-6-7-11-28-24/h6-15H,1-5H3,(H,28,29,30)/b18-13+. The van der Waals surface area contributed by atoms with Crippen LogP contribution in [0.25, 0.3) is 27.7 Å². The third kappa shape index (κ3) is 4.02. The monoisotopic (exact) mass is 426 g/mol. The molecular weight excluding hydrogens is 400 g/mol. The van der Waals surface area contributed by atoms with Crippen LogP contribution in [0.2, 0.25) is 0 Å². The highest BCUT2D eigenvalue weighted by Gasteiger charge is 2.19. The van der Waals surface area contributed by atoms with E-state index in [1.165, 1.54) is 11.1 Å². The van der Waals surface area contributed by atoms with E-state index in [2.05, 4.69) is 42.3 Å². The molecule has 1 amide bonds. The molecule has 2 aromatic heterocycles. The topological polar surface area (TPSA) is 64.4 Å². The summed E-state index contributed by atoms with van der Waals surface area (Å²) in [5.74, 6) is 0.952. The first-order chi connectivity index (χ1) is 15.4. The Hall–Kier alpha value is -3.86. The van der Waals surface area contributed by atoms with Gasteiger partial charge >= 0.3 is 0 Å². The number of allylic oxidation sites excluding steroid dienone is 1. The van der Waals surface area contributed by atoms with Crippen molar-refractivity contribution in [2.45, 2.75) is 27.7 Å². The van der Waals surface area contributed by atoms with E-state index in [0.717, 1.165) is 38.8 Å². The van der Waals surface area contributed by atoms with Crippen molar-refractivity contribution >= 4 is 28.3 Å². The Morgan fingerprint density at radius 2 is 1.91 bits per heavy atom.